The molecule has 3 N–H and O–H groups in total. The predicted molar refractivity (Wildman–Crippen MR) is 140 cm³/mol. The van der Waals surface area contributed by atoms with Gasteiger partial charge in [0.1, 0.15) is 18.3 Å². The number of carbonyl (C=O) groups excluding carboxylic acids is 4. The van der Waals surface area contributed by atoms with E-state index in [-0.39, 0.29) is 38.0 Å². The number of carbonyl (C=O) groups is 4. The van der Waals surface area contributed by atoms with Crippen LogP contribution >= 0.6 is 0 Å². The lowest BCUT2D eigenvalue weighted by Gasteiger charge is -2.33. The Bertz CT molecular complexity index is 1140. The maximum atomic E-state index is 14.0. The summed E-state index contributed by atoms with van der Waals surface area (Å²) in [7, 11) is 0. The van der Waals surface area contributed by atoms with Gasteiger partial charge in [-0.3, -0.25) is 19.2 Å². The van der Waals surface area contributed by atoms with Crippen molar-refractivity contribution in [2.75, 3.05) is 19.7 Å². The molecule has 1 saturated heterocycles. The van der Waals surface area contributed by atoms with Crippen LogP contribution in [0.1, 0.15) is 65.7 Å². The van der Waals surface area contributed by atoms with Crippen LogP contribution < -0.4 is 15.4 Å². The van der Waals surface area contributed by atoms with Crippen molar-refractivity contribution in [2.24, 2.45) is 5.92 Å². The van der Waals surface area contributed by atoms with Crippen molar-refractivity contribution < 1.29 is 51.3 Å². The second-order valence-corrected chi connectivity index (χ2v) is 11.6. The average Bonchev–Trinajstić information content (AvgIpc) is 3.43. The molecule has 0 radical (unpaired) electrons. The lowest BCUT2D eigenvalue weighted by atomic mass is 9.94. The van der Waals surface area contributed by atoms with Crippen molar-refractivity contribution >= 4 is 23.7 Å². The number of ether oxygens (including phenoxy) is 2. The second kappa shape index (κ2) is 14.2. The van der Waals surface area contributed by atoms with Gasteiger partial charge in [-0.05, 0) is 46.5 Å². The van der Waals surface area contributed by atoms with Crippen molar-refractivity contribution in [3.05, 3.63) is 29.3 Å². The molecule has 2 atom stereocenters. The molecule has 1 aromatic carbocycles. The van der Waals surface area contributed by atoms with Gasteiger partial charge in [0.05, 0.1) is 12.5 Å². The molecule has 0 aromatic heterocycles. The lowest BCUT2D eigenvalue weighted by molar-refractivity contribution is -0.156. The van der Waals surface area contributed by atoms with Crippen LogP contribution in [0.3, 0.4) is 0 Å². The number of halogens is 4. The fraction of sp³-hybridized carbons (Fsp3) is 0.643. The molecule has 14 heteroatoms. The molecule has 1 aromatic rings. The summed E-state index contributed by atoms with van der Waals surface area (Å²) < 4.78 is 65.1. The smallest absolute Gasteiger partial charge is 0.311 e. The number of benzene rings is 1. The van der Waals surface area contributed by atoms with Gasteiger partial charge < -0.3 is 30.1 Å². The quantitative estimate of drug-likeness (QED) is 0.171. The number of hydrogen-bond donors (Lipinski definition) is 3. The molecule has 1 unspecified atom stereocenters. The van der Waals surface area contributed by atoms with Gasteiger partial charge in [-0.25, -0.2) is 8.78 Å². The molecule has 0 spiro atoms. The number of esters is 1. The molecular weight excluding hydrogens is 566 g/mol. The van der Waals surface area contributed by atoms with Crippen molar-refractivity contribution in [3.8, 4) is 5.75 Å². The molecule has 1 heterocycles. The first kappa shape index (κ1) is 33.1. The topological polar surface area (TPSA) is 134 Å². The van der Waals surface area contributed by atoms with Crippen molar-refractivity contribution in [3.63, 3.8) is 0 Å². The molecule has 10 nitrogen and oxygen atoms in total. The van der Waals surface area contributed by atoms with Crippen LogP contribution in [0.2, 0.25) is 0 Å². The fourth-order valence-corrected chi connectivity index (χ4v) is 4.92. The number of nitrogens with zero attached hydrogens (tertiary/aromatic N) is 1. The first-order valence-corrected chi connectivity index (χ1v) is 13.9. The number of rotatable bonds is 9. The summed E-state index contributed by atoms with van der Waals surface area (Å²) in [6, 6.07) is -1.39. The SMILES string of the molecule is CC(C)(C)OC(=O)C[C@H](NC(=O)C1CCN(C(=O)C(=O)NC2CCCC2)CC1)C(O)COc1c(F)c(F)cc(F)c1F. The third kappa shape index (κ3) is 9.04. The first-order chi connectivity index (χ1) is 19.7. The van der Waals surface area contributed by atoms with E-state index in [0.717, 1.165) is 25.7 Å². The Balaban J connectivity index is 1.62. The van der Waals surface area contributed by atoms with Gasteiger partial charge in [0.15, 0.2) is 17.4 Å². The van der Waals surface area contributed by atoms with Gasteiger partial charge in [-0.2, -0.15) is 8.78 Å². The van der Waals surface area contributed by atoms with E-state index in [1.165, 1.54) is 4.90 Å². The Morgan fingerprint density at radius 1 is 1.00 bits per heavy atom. The largest absolute Gasteiger partial charge is 0.485 e. The third-order valence-corrected chi connectivity index (χ3v) is 7.11. The van der Waals surface area contributed by atoms with Gasteiger partial charge >= 0.3 is 17.8 Å². The van der Waals surface area contributed by atoms with E-state index in [0.29, 0.717) is 0 Å². The van der Waals surface area contributed by atoms with Crippen LogP contribution in [-0.4, -0.2) is 77.2 Å². The van der Waals surface area contributed by atoms with Gasteiger partial charge in [-0.15, -0.1) is 0 Å². The fourth-order valence-electron chi connectivity index (χ4n) is 4.92. The van der Waals surface area contributed by atoms with Gasteiger partial charge in [0, 0.05) is 31.1 Å². The molecule has 2 fully saturated rings. The van der Waals surface area contributed by atoms with Gasteiger partial charge in [-0.1, -0.05) is 12.8 Å². The van der Waals surface area contributed by atoms with E-state index >= 15 is 0 Å². The summed E-state index contributed by atoms with van der Waals surface area (Å²) in [6.07, 6.45) is 1.70. The Morgan fingerprint density at radius 2 is 1.57 bits per heavy atom. The van der Waals surface area contributed by atoms with E-state index in [9.17, 15) is 41.8 Å². The van der Waals surface area contributed by atoms with Crippen LogP contribution in [0.5, 0.6) is 5.75 Å². The Labute approximate surface area is 241 Å². The summed E-state index contributed by atoms with van der Waals surface area (Å²) in [6.45, 7) is 4.12. The van der Waals surface area contributed by atoms with Crippen LogP contribution in [0.15, 0.2) is 6.07 Å². The van der Waals surface area contributed by atoms with E-state index in [4.69, 9.17) is 9.47 Å². The minimum absolute atomic E-state index is 0.000406. The van der Waals surface area contributed by atoms with Crippen LogP contribution in [0, 0.1) is 29.2 Å². The normalized spacial score (nSPS) is 17.9. The molecule has 42 heavy (non-hydrogen) atoms. The highest BCUT2D eigenvalue weighted by Crippen LogP contribution is 2.27. The van der Waals surface area contributed by atoms with Crippen LogP contribution in [0.25, 0.3) is 0 Å². The van der Waals surface area contributed by atoms with Crippen molar-refractivity contribution in [2.45, 2.75) is 89.5 Å². The molecule has 0 bridgehead atoms. The summed E-state index contributed by atoms with van der Waals surface area (Å²) >= 11 is 0. The Kier molecular flexibility index (Phi) is 11.2. The van der Waals surface area contributed by atoms with E-state index < -0.39 is 89.4 Å². The average molecular weight is 604 g/mol. The van der Waals surface area contributed by atoms with Gasteiger partial charge in [0.25, 0.3) is 0 Å². The van der Waals surface area contributed by atoms with Crippen LogP contribution in [0.4, 0.5) is 17.6 Å². The standard InChI is InChI=1S/C28H37F4N3O7/c1-28(2,3)42-21(37)13-19(20(36)14-41-24-22(31)17(29)12-18(30)23(24)32)34-25(38)15-8-10-35(11-9-15)27(40)26(39)33-16-6-4-5-7-16/h12,15-16,19-20,36H,4-11,13-14H2,1-3H3,(H,33,39)(H,34,38)/t19-,20?/m0/s1. The number of aliphatic hydroxyl groups is 1. The minimum Gasteiger partial charge on any atom is -0.485 e. The number of likely N-dealkylation sites (tertiary alicyclic amines) is 1. The van der Waals surface area contributed by atoms with Crippen molar-refractivity contribution in [1.82, 2.24) is 15.5 Å². The zero-order valence-electron chi connectivity index (χ0n) is 23.8. The summed E-state index contributed by atoms with van der Waals surface area (Å²) in [4.78, 5) is 51.8. The molecule has 234 valence electrons. The maximum Gasteiger partial charge on any atom is 0.311 e. The third-order valence-electron chi connectivity index (χ3n) is 7.11. The minimum atomic E-state index is -1.81. The molecule has 1 aliphatic carbocycles. The monoisotopic (exact) mass is 603 g/mol. The number of piperidine rings is 1. The Hall–Kier alpha value is -3.42. The van der Waals surface area contributed by atoms with E-state index in [1.807, 2.05) is 0 Å². The number of aliphatic hydroxyl groups excluding tert-OH is 1. The molecule has 1 saturated carbocycles. The zero-order valence-corrected chi connectivity index (χ0v) is 23.8. The first-order valence-electron chi connectivity index (χ1n) is 13.9. The van der Waals surface area contributed by atoms with Gasteiger partial charge in [0.2, 0.25) is 17.5 Å². The molecule has 1 aliphatic heterocycles. The number of hydrogen-bond acceptors (Lipinski definition) is 7. The number of nitrogens with one attached hydrogen (secondary N) is 2. The van der Waals surface area contributed by atoms with Crippen LogP contribution in [-0.2, 0) is 23.9 Å². The zero-order chi connectivity index (χ0) is 31.2. The summed E-state index contributed by atoms with van der Waals surface area (Å²) in [5.41, 5.74) is -0.901. The molecular formula is C28H37F4N3O7. The van der Waals surface area contributed by atoms with E-state index in [2.05, 4.69) is 10.6 Å². The molecule has 3 amide bonds. The van der Waals surface area contributed by atoms with E-state index in [1.54, 1.807) is 20.8 Å². The number of amides is 3. The highest BCUT2D eigenvalue weighted by Gasteiger charge is 2.34. The predicted octanol–water partition coefficient (Wildman–Crippen LogP) is 2.50. The summed E-state index contributed by atoms with van der Waals surface area (Å²) in [5, 5.41) is 16.0. The molecule has 2 aliphatic rings. The lowest BCUT2D eigenvalue weighted by Crippen LogP contribution is -2.52. The Morgan fingerprint density at radius 3 is 2.12 bits per heavy atom. The van der Waals surface area contributed by atoms with Crippen molar-refractivity contribution in [1.29, 1.82) is 0 Å². The molecule has 3 rings (SSSR count). The maximum absolute atomic E-state index is 14.0. The highest BCUT2D eigenvalue weighted by atomic mass is 19.2. The summed E-state index contributed by atoms with van der Waals surface area (Å²) in [5.74, 6) is -11.8. The highest BCUT2D eigenvalue weighted by molar-refractivity contribution is 6.35. The second-order valence-electron chi connectivity index (χ2n) is 11.6.